The van der Waals surface area contributed by atoms with Crippen LogP contribution in [0.25, 0.3) is 5.82 Å². The molecule has 0 aliphatic heterocycles. The first-order chi connectivity index (χ1) is 8.11. The molecule has 2 aromatic rings. The molecule has 0 atom stereocenters. The van der Waals surface area contributed by atoms with Gasteiger partial charge in [0.25, 0.3) is 0 Å². The molecule has 0 bridgehead atoms. The van der Waals surface area contributed by atoms with Gasteiger partial charge in [-0.1, -0.05) is 0 Å². The van der Waals surface area contributed by atoms with Crippen molar-refractivity contribution in [1.82, 2.24) is 24.7 Å². The van der Waals surface area contributed by atoms with Crippen LogP contribution in [0.2, 0.25) is 0 Å². The highest BCUT2D eigenvalue weighted by Crippen LogP contribution is 2.13. The van der Waals surface area contributed by atoms with Crippen molar-refractivity contribution in [3.8, 4) is 5.82 Å². The number of hydrogen-bond acceptors (Lipinski definition) is 7. The van der Waals surface area contributed by atoms with E-state index in [4.69, 9.17) is 5.73 Å². The fraction of sp³-hybridized carbons (Fsp3) is 0.125. The Labute approximate surface area is 104 Å². The van der Waals surface area contributed by atoms with Gasteiger partial charge >= 0.3 is 5.97 Å². The number of hydrogen-bond donors (Lipinski definition) is 1. The number of nitrogen functional groups attached to an aromatic ring is 1. The maximum absolute atomic E-state index is 11.3. The van der Waals surface area contributed by atoms with Gasteiger partial charge < -0.3 is 10.5 Å². The summed E-state index contributed by atoms with van der Waals surface area (Å²) in [5.41, 5.74) is 5.43. The molecule has 88 valence electrons. The second-order valence-corrected chi connectivity index (χ2v) is 3.59. The Balaban J connectivity index is 2.46. The predicted molar refractivity (Wildman–Crippen MR) is 60.4 cm³/mol. The fourth-order valence-corrected chi connectivity index (χ4v) is 1.55. The minimum absolute atomic E-state index is 0.0639. The van der Waals surface area contributed by atoms with Crippen LogP contribution in [0.15, 0.2) is 17.0 Å². The summed E-state index contributed by atoms with van der Waals surface area (Å²) in [6, 6.07) is 1.56. The first-order valence-electron chi connectivity index (χ1n) is 4.41. The molecule has 0 amide bonds. The smallest absolute Gasteiger partial charge is 0.376 e. The molecule has 8 nitrogen and oxygen atoms in total. The number of nitrogens with two attached hydrogens (primary N) is 1. The Hall–Kier alpha value is -2.03. The van der Waals surface area contributed by atoms with E-state index in [0.717, 1.165) is 0 Å². The molecule has 0 spiro atoms. The van der Waals surface area contributed by atoms with Crippen LogP contribution in [0.4, 0.5) is 5.95 Å². The summed E-state index contributed by atoms with van der Waals surface area (Å²) < 4.78 is 6.23. The summed E-state index contributed by atoms with van der Waals surface area (Å²) >= 11 is 3.17. The van der Waals surface area contributed by atoms with Gasteiger partial charge in [0.2, 0.25) is 16.5 Å². The number of ether oxygens (including phenoxy) is 1. The van der Waals surface area contributed by atoms with Crippen LogP contribution in [0.1, 0.15) is 10.6 Å². The molecule has 2 rings (SSSR count). The quantitative estimate of drug-likeness (QED) is 0.788. The summed E-state index contributed by atoms with van der Waals surface area (Å²) in [5.74, 6) is -0.242. The van der Waals surface area contributed by atoms with E-state index in [0.29, 0.717) is 10.6 Å². The third-order valence-corrected chi connectivity index (χ3v) is 2.32. The van der Waals surface area contributed by atoms with Crippen LogP contribution in [0, 0.1) is 0 Å². The molecule has 2 N–H and O–H groups in total. The van der Waals surface area contributed by atoms with Crippen LogP contribution >= 0.6 is 15.9 Å². The molecular weight excluding hydrogens is 292 g/mol. The van der Waals surface area contributed by atoms with E-state index in [9.17, 15) is 4.79 Å². The molecule has 0 aromatic carbocycles. The van der Waals surface area contributed by atoms with Crippen molar-refractivity contribution in [1.29, 1.82) is 0 Å². The number of anilines is 1. The predicted octanol–water partition coefficient (Wildman–Crippen LogP) is 0.189. The first-order valence-corrected chi connectivity index (χ1v) is 5.21. The van der Waals surface area contributed by atoms with Crippen molar-refractivity contribution in [2.45, 2.75) is 0 Å². The maximum Gasteiger partial charge on any atom is 0.376 e. The zero-order chi connectivity index (χ0) is 12.4. The second-order valence-electron chi connectivity index (χ2n) is 2.88. The molecule has 9 heteroatoms. The van der Waals surface area contributed by atoms with Crippen LogP contribution < -0.4 is 5.73 Å². The van der Waals surface area contributed by atoms with E-state index < -0.39 is 5.97 Å². The zero-order valence-electron chi connectivity index (χ0n) is 8.66. The van der Waals surface area contributed by atoms with Crippen LogP contribution in [-0.2, 0) is 4.74 Å². The van der Waals surface area contributed by atoms with E-state index in [2.05, 4.69) is 40.7 Å². The lowest BCUT2D eigenvalue weighted by Gasteiger charge is -2.02. The highest BCUT2D eigenvalue weighted by atomic mass is 79.9. The van der Waals surface area contributed by atoms with Crippen molar-refractivity contribution in [3.05, 3.63) is 22.8 Å². The van der Waals surface area contributed by atoms with E-state index in [1.807, 2.05) is 0 Å². The summed E-state index contributed by atoms with van der Waals surface area (Å²) in [7, 11) is 1.25. The highest BCUT2D eigenvalue weighted by Gasteiger charge is 2.13. The Bertz CT molecular complexity index is 569. The van der Waals surface area contributed by atoms with Gasteiger partial charge in [-0.25, -0.2) is 14.8 Å². The highest BCUT2D eigenvalue weighted by molar-refractivity contribution is 9.10. The monoisotopic (exact) mass is 298 g/mol. The van der Waals surface area contributed by atoms with Crippen molar-refractivity contribution < 1.29 is 9.53 Å². The topological polar surface area (TPSA) is 109 Å². The number of rotatable bonds is 2. The van der Waals surface area contributed by atoms with Crippen molar-refractivity contribution in [3.63, 3.8) is 0 Å². The molecule has 0 aliphatic rings. The second kappa shape index (κ2) is 4.45. The maximum atomic E-state index is 11.3. The fourth-order valence-electron chi connectivity index (χ4n) is 1.11. The third kappa shape index (κ3) is 2.23. The molecule has 0 unspecified atom stereocenters. The van der Waals surface area contributed by atoms with Gasteiger partial charge in [0.1, 0.15) is 0 Å². The lowest BCUT2D eigenvalue weighted by molar-refractivity contribution is 0.0586. The number of methoxy groups -OCH3 is 1. The molecular formula is C8H7BrN6O2. The Morgan fingerprint density at radius 2 is 2.29 bits per heavy atom. The largest absolute Gasteiger partial charge is 0.463 e. The average Bonchev–Trinajstić information content (AvgIpc) is 2.67. The Kier molecular flexibility index (Phi) is 3.00. The Morgan fingerprint density at radius 3 is 2.88 bits per heavy atom. The minimum Gasteiger partial charge on any atom is -0.463 e. The van der Waals surface area contributed by atoms with Crippen molar-refractivity contribution in [2.24, 2.45) is 0 Å². The summed E-state index contributed by atoms with van der Waals surface area (Å²) in [6.45, 7) is 0. The summed E-state index contributed by atoms with van der Waals surface area (Å²) in [4.78, 5) is 22.9. The van der Waals surface area contributed by atoms with Crippen molar-refractivity contribution in [2.75, 3.05) is 12.8 Å². The summed E-state index contributed by atoms with van der Waals surface area (Å²) in [6.07, 6.45) is 1.42. The van der Waals surface area contributed by atoms with E-state index in [1.165, 1.54) is 18.0 Å². The van der Waals surface area contributed by atoms with E-state index in [1.54, 1.807) is 6.07 Å². The van der Waals surface area contributed by atoms with Crippen LogP contribution in [0.3, 0.4) is 0 Å². The minimum atomic E-state index is -0.629. The van der Waals surface area contributed by atoms with E-state index >= 15 is 0 Å². The summed E-state index contributed by atoms with van der Waals surface area (Å²) in [5, 5.41) is 3.90. The van der Waals surface area contributed by atoms with Gasteiger partial charge in [-0.15, -0.1) is 5.10 Å². The van der Waals surface area contributed by atoms with Crippen LogP contribution in [-0.4, -0.2) is 37.8 Å². The van der Waals surface area contributed by atoms with Crippen molar-refractivity contribution >= 4 is 27.8 Å². The molecule has 0 aliphatic carbocycles. The molecule has 0 saturated carbocycles. The normalized spacial score (nSPS) is 10.2. The SMILES string of the molecule is COC(=O)c1nccc(-n2nc(N)nc2Br)n1. The van der Waals surface area contributed by atoms with Gasteiger partial charge in [0, 0.05) is 12.3 Å². The standard InChI is InChI=1S/C8H7BrN6O2/c1-17-6(16)5-11-3-2-4(12-5)15-7(9)13-8(10)14-15/h2-3H,1H3,(H2,10,14). The molecule has 0 fully saturated rings. The first kappa shape index (κ1) is 11.5. The van der Waals surface area contributed by atoms with Gasteiger partial charge in [0.05, 0.1) is 7.11 Å². The number of aromatic nitrogens is 5. The molecule has 2 aromatic heterocycles. The zero-order valence-corrected chi connectivity index (χ0v) is 10.2. The molecule has 0 radical (unpaired) electrons. The lowest BCUT2D eigenvalue weighted by Crippen LogP contribution is -2.10. The van der Waals surface area contributed by atoms with E-state index in [-0.39, 0.29) is 11.8 Å². The number of carbonyl (C=O) groups is 1. The van der Waals surface area contributed by atoms with Gasteiger partial charge in [-0.05, 0) is 15.9 Å². The molecule has 17 heavy (non-hydrogen) atoms. The Morgan fingerprint density at radius 1 is 1.53 bits per heavy atom. The number of halogens is 1. The lowest BCUT2D eigenvalue weighted by atomic mass is 10.5. The van der Waals surface area contributed by atoms with Crippen LogP contribution in [0.5, 0.6) is 0 Å². The number of carbonyl (C=O) groups excluding carboxylic acids is 1. The third-order valence-electron chi connectivity index (χ3n) is 1.81. The average molecular weight is 299 g/mol. The molecule has 0 saturated heterocycles. The molecule has 2 heterocycles. The number of esters is 1. The van der Waals surface area contributed by atoms with Gasteiger partial charge in [-0.3, -0.25) is 0 Å². The number of nitrogens with zero attached hydrogens (tertiary/aromatic N) is 5. The van der Waals surface area contributed by atoms with Gasteiger partial charge in [-0.2, -0.15) is 9.67 Å². The van der Waals surface area contributed by atoms with Gasteiger partial charge in [0.15, 0.2) is 5.82 Å².